The Hall–Kier alpha value is -1.85. The Morgan fingerprint density at radius 2 is 2.36 bits per heavy atom. The Morgan fingerprint density at radius 1 is 1.64 bits per heavy atom. The predicted molar refractivity (Wildman–Crippen MR) is 39.8 cm³/mol. The quantitative estimate of drug-likeness (QED) is 0.194. The summed E-state index contributed by atoms with van der Waals surface area (Å²) in [6, 6.07) is 2.73. The van der Waals surface area contributed by atoms with Crippen LogP contribution in [0.3, 0.4) is 0 Å². The van der Waals surface area contributed by atoms with Gasteiger partial charge in [-0.3, -0.25) is 4.79 Å². The lowest BCUT2D eigenvalue weighted by atomic mass is 10.4. The Morgan fingerprint density at radius 3 is 2.82 bits per heavy atom. The first-order valence-electron chi connectivity index (χ1n) is 2.83. The van der Waals surface area contributed by atoms with E-state index in [4.69, 9.17) is 11.6 Å². The van der Waals surface area contributed by atoms with Crippen LogP contribution in [0.1, 0.15) is 5.69 Å². The third-order valence-electron chi connectivity index (χ3n) is 1.08. The summed E-state index contributed by atoms with van der Waals surface area (Å²) in [4.78, 5) is 10.5. The van der Waals surface area contributed by atoms with Crippen LogP contribution in [-0.4, -0.2) is 16.0 Å². The molecule has 0 aliphatic rings. The summed E-state index contributed by atoms with van der Waals surface area (Å²) in [7, 11) is 0. The molecular weight excluding hydrogens is 146 g/mol. The number of nitrogens with zero attached hydrogens (tertiary/aromatic N) is 2. The van der Waals surface area contributed by atoms with Crippen molar-refractivity contribution in [1.29, 1.82) is 0 Å². The van der Waals surface area contributed by atoms with Crippen LogP contribution in [0.5, 0.6) is 0 Å². The van der Waals surface area contributed by atoms with Gasteiger partial charge in [-0.25, -0.2) is 5.10 Å². The van der Waals surface area contributed by atoms with Gasteiger partial charge in [-0.2, -0.15) is 10.2 Å². The van der Waals surface area contributed by atoms with Crippen molar-refractivity contribution >= 4 is 5.84 Å². The Bertz CT molecular complexity index is 307. The van der Waals surface area contributed by atoms with Crippen molar-refractivity contribution in [2.75, 3.05) is 0 Å². The summed E-state index contributed by atoms with van der Waals surface area (Å²) in [6.07, 6.45) is 0. The molecule has 11 heavy (non-hydrogen) atoms. The van der Waals surface area contributed by atoms with Gasteiger partial charge < -0.3 is 11.6 Å². The molecule has 1 aromatic heterocycles. The number of rotatable bonds is 1. The summed E-state index contributed by atoms with van der Waals surface area (Å²) >= 11 is 0. The number of H-pyrrole nitrogens is 1. The molecular formula is C5H7N5O. The second-order valence-electron chi connectivity index (χ2n) is 1.82. The smallest absolute Gasteiger partial charge is 0.264 e. The van der Waals surface area contributed by atoms with Gasteiger partial charge in [0.1, 0.15) is 5.69 Å². The van der Waals surface area contributed by atoms with Gasteiger partial charge in [0.2, 0.25) is 0 Å². The first kappa shape index (κ1) is 7.26. The molecule has 0 amide bonds. The molecule has 58 valence electrons. The van der Waals surface area contributed by atoms with Crippen molar-refractivity contribution < 1.29 is 0 Å². The summed E-state index contributed by atoms with van der Waals surface area (Å²) in [5, 5.41) is 8.97. The van der Waals surface area contributed by atoms with Crippen LogP contribution in [0, 0.1) is 0 Å². The van der Waals surface area contributed by atoms with E-state index in [1.54, 1.807) is 0 Å². The van der Waals surface area contributed by atoms with Crippen molar-refractivity contribution in [2.45, 2.75) is 0 Å². The average molecular weight is 153 g/mol. The van der Waals surface area contributed by atoms with E-state index >= 15 is 0 Å². The van der Waals surface area contributed by atoms with E-state index in [1.807, 2.05) is 0 Å². The molecule has 0 saturated heterocycles. The molecule has 0 saturated carbocycles. The summed E-state index contributed by atoms with van der Waals surface area (Å²) in [5.41, 5.74) is 5.35. The van der Waals surface area contributed by atoms with Crippen molar-refractivity contribution in [1.82, 2.24) is 10.2 Å². The summed E-state index contributed by atoms with van der Waals surface area (Å²) in [5.74, 6) is 4.96. The maximum Gasteiger partial charge on any atom is 0.264 e. The van der Waals surface area contributed by atoms with Crippen LogP contribution in [0.15, 0.2) is 22.0 Å². The summed E-state index contributed by atoms with van der Waals surface area (Å²) < 4.78 is 0. The number of aromatic amines is 1. The molecule has 1 aromatic rings. The number of hydrogen-bond donors (Lipinski definition) is 3. The lowest BCUT2D eigenvalue weighted by Gasteiger charge is -1.93. The SMILES string of the molecule is N/N=C(/N)c1ccc(=O)[nH]n1. The van der Waals surface area contributed by atoms with E-state index in [1.165, 1.54) is 12.1 Å². The normalized spacial score (nSPS) is 11.5. The van der Waals surface area contributed by atoms with E-state index in [-0.39, 0.29) is 11.4 Å². The van der Waals surface area contributed by atoms with Gasteiger partial charge in [0.15, 0.2) is 5.84 Å². The Balaban J connectivity index is 3.09. The Kier molecular flexibility index (Phi) is 1.86. The highest BCUT2D eigenvalue weighted by Gasteiger charge is 1.97. The molecule has 0 aliphatic heterocycles. The fourth-order valence-electron chi connectivity index (χ4n) is 0.553. The first-order chi connectivity index (χ1) is 5.24. The van der Waals surface area contributed by atoms with Crippen LogP contribution in [0.2, 0.25) is 0 Å². The standard InChI is InChI=1S/C5H7N5O/c6-5(8-7)3-1-2-4(11)10-9-3/h1-2H,7H2,(H2,6,8)(H,10,11). The molecule has 0 atom stereocenters. The van der Waals surface area contributed by atoms with Crippen LogP contribution in [0.4, 0.5) is 0 Å². The zero-order valence-corrected chi connectivity index (χ0v) is 5.61. The highest BCUT2D eigenvalue weighted by atomic mass is 16.1. The fraction of sp³-hybridized carbons (Fsp3) is 0. The monoisotopic (exact) mass is 153 g/mol. The highest BCUT2D eigenvalue weighted by molar-refractivity contribution is 5.95. The van der Waals surface area contributed by atoms with Crippen molar-refractivity contribution in [3.8, 4) is 0 Å². The van der Waals surface area contributed by atoms with Crippen molar-refractivity contribution in [3.63, 3.8) is 0 Å². The van der Waals surface area contributed by atoms with Crippen LogP contribution >= 0.6 is 0 Å². The lowest BCUT2D eigenvalue weighted by Crippen LogP contribution is -2.20. The van der Waals surface area contributed by atoms with Gasteiger partial charge in [0, 0.05) is 6.07 Å². The summed E-state index contributed by atoms with van der Waals surface area (Å²) in [6.45, 7) is 0. The number of amidine groups is 1. The number of nitrogens with one attached hydrogen (secondary N) is 1. The van der Waals surface area contributed by atoms with Gasteiger partial charge in [0.05, 0.1) is 0 Å². The fourth-order valence-corrected chi connectivity index (χ4v) is 0.553. The molecule has 0 bridgehead atoms. The Labute approximate surface area is 61.9 Å². The topological polar surface area (TPSA) is 110 Å². The van der Waals surface area contributed by atoms with Crippen LogP contribution < -0.4 is 17.1 Å². The van der Waals surface area contributed by atoms with Crippen molar-refractivity contribution in [2.24, 2.45) is 16.7 Å². The average Bonchev–Trinajstić information content (AvgIpc) is 2.05. The molecule has 1 heterocycles. The molecule has 0 aliphatic carbocycles. The van der Waals surface area contributed by atoms with E-state index < -0.39 is 0 Å². The lowest BCUT2D eigenvalue weighted by molar-refractivity contribution is 0.971. The predicted octanol–water partition coefficient (Wildman–Crippen LogP) is -1.65. The highest BCUT2D eigenvalue weighted by Crippen LogP contribution is 1.84. The molecule has 6 heteroatoms. The van der Waals surface area contributed by atoms with Gasteiger partial charge in [-0.05, 0) is 6.07 Å². The molecule has 0 aromatic carbocycles. The second-order valence-corrected chi connectivity index (χ2v) is 1.82. The van der Waals surface area contributed by atoms with Gasteiger partial charge in [0.25, 0.3) is 5.56 Å². The minimum Gasteiger partial charge on any atom is -0.380 e. The number of hydrazone groups is 1. The minimum absolute atomic E-state index is 0.0845. The van der Waals surface area contributed by atoms with E-state index in [0.717, 1.165) is 0 Å². The number of aromatic nitrogens is 2. The zero-order chi connectivity index (χ0) is 8.27. The molecule has 5 N–H and O–H groups in total. The maximum absolute atomic E-state index is 10.5. The zero-order valence-electron chi connectivity index (χ0n) is 5.61. The van der Waals surface area contributed by atoms with Crippen LogP contribution in [0.25, 0.3) is 0 Å². The van der Waals surface area contributed by atoms with Crippen LogP contribution in [-0.2, 0) is 0 Å². The van der Waals surface area contributed by atoms with Crippen molar-refractivity contribution in [3.05, 3.63) is 28.2 Å². The molecule has 1 rings (SSSR count). The molecule has 0 radical (unpaired) electrons. The first-order valence-corrected chi connectivity index (χ1v) is 2.83. The number of hydrogen-bond acceptors (Lipinski definition) is 4. The second kappa shape index (κ2) is 2.82. The molecule has 6 nitrogen and oxygen atoms in total. The number of nitrogens with two attached hydrogens (primary N) is 2. The van der Waals surface area contributed by atoms with Gasteiger partial charge in [-0.1, -0.05) is 0 Å². The third kappa shape index (κ3) is 1.54. The third-order valence-corrected chi connectivity index (χ3v) is 1.08. The molecule has 0 fully saturated rings. The van der Waals surface area contributed by atoms with Gasteiger partial charge in [-0.15, -0.1) is 0 Å². The van der Waals surface area contributed by atoms with Gasteiger partial charge >= 0.3 is 0 Å². The van der Waals surface area contributed by atoms with E-state index in [9.17, 15) is 4.79 Å². The molecule has 0 spiro atoms. The molecule has 0 unspecified atom stereocenters. The largest absolute Gasteiger partial charge is 0.380 e. The van der Waals surface area contributed by atoms with E-state index in [2.05, 4.69) is 15.3 Å². The minimum atomic E-state index is -0.293. The maximum atomic E-state index is 10.5. The van der Waals surface area contributed by atoms with E-state index in [0.29, 0.717) is 5.69 Å².